The fraction of sp³-hybridized carbons (Fsp3) is 0.462. The summed E-state index contributed by atoms with van der Waals surface area (Å²) in [6.07, 6.45) is -0.0961. The summed E-state index contributed by atoms with van der Waals surface area (Å²) in [6.45, 7) is 3.10. The van der Waals surface area contributed by atoms with Gasteiger partial charge in [0.1, 0.15) is 6.04 Å². The van der Waals surface area contributed by atoms with Crippen LogP contribution in [0.3, 0.4) is 0 Å². The molecule has 1 aliphatic rings. The van der Waals surface area contributed by atoms with E-state index in [0.717, 1.165) is 5.69 Å². The maximum Gasteiger partial charge on any atom is 0.246 e. The van der Waals surface area contributed by atoms with Crippen LogP contribution in [0.1, 0.15) is 6.92 Å². The van der Waals surface area contributed by atoms with E-state index in [2.05, 4.69) is 5.32 Å². The van der Waals surface area contributed by atoms with E-state index >= 15 is 0 Å². The first-order chi connectivity index (χ1) is 8.24. The lowest BCUT2D eigenvalue weighted by molar-refractivity contribution is -0.122. The second kappa shape index (κ2) is 5.29. The first-order valence-electron chi connectivity index (χ1n) is 5.89. The van der Waals surface area contributed by atoms with Crippen molar-refractivity contribution in [3.8, 4) is 0 Å². The second-order valence-electron chi connectivity index (χ2n) is 4.17. The first kappa shape index (κ1) is 12.1. The van der Waals surface area contributed by atoms with Gasteiger partial charge in [0.25, 0.3) is 0 Å². The van der Waals surface area contributed by atoms with Crippen molar-refractivity contribution in [3.05, 3.63) is 30.3 Å². The number of benzene rings is 1. The Bertz CT molecular complexity index is 380. The Labute approximate surface area is 102 Å². The van der Waals surface area contributed by atoms with Gasteiger partial charge >= 0.3 is 0 Å². The van der Waals surface area contributed by atoms with Crippen LogP contribution in [0.5, 0.6) is 0 Å². The van der Waals surface area contributed by atoms with E-state index < -0.39 is 0 Å². The maximum absolute atomic E-state index is 12.4. The first-order valence-corrected chi connectivity index (χ1v) is 5.89. The fourth-order valence-electron chi connectivity index (χ4n) is 2.13. The summed E-state index contributed by atoms with van der Waals surface area (Å²) in [5.74, 6) is 0.0729. The summed E-state index contributed by atoms with van der Waals surface area (Å²) in [5.41, 5.74) is 0.926. The number of carbonyl (C=O) groups is 1. The molecule has 2 atom stereocenters. The summed E-state index contributed by atoms with van der Waals surface area (Å²) in [5, 5.41) is 3.03. The molecule has 1 saturated heterocycles. The number of hydrogen-bond acceptors (Lipinski definition) is 3. The molecule has 0 aliphatic carbocycles. The zero-order chi connectivity index (χ0) is 12.3. The molecule has 1 fully saturated rings. The van der Waals surface area contributed by atoms with Crippen molar-refractivity contribution < 1.29 is 9.53 Å². The van der Waals surface area contributed by atoms with Gasteiger partial charge in [-0.15, -0.1) is 0 Å². The van der Waals surface area contributed by atoms with Gasteiger partial charge in [-0.25, -0.2) is 0 Å². The molecule has 0 spiro atoms. The van der Waals surface area contributed by atoms with Gasteiger partial charge < -0.3 is 15.0 Å². The van der Waals surface area contributed by atoms with Crippen molar-refractivity contribution in [3.63, 3.8) is 0 Å². The molecule has 2 unspecified atom stereocenters. The molecule has 1 aromatic rings. The molecule has 0 saturated carbocycles. The molecule has 4 nitrogen and oxygen atoms in total. The minimum atomic E-state index is -0.280. The number of likely N-dealkylation sites (N-methyl/N-ethyl adjacent to an activating group) is 1. The molecular weight excluding hydrogens is 216 g/mol. The molecule has 4 heteroatoms. The molecule has 92 valence electrons. The number of hydrogen-bond donors (Lipinski definition) is 1. The molecule has 17 heavy (non-hydrogen) atoms. The number of nitrogens with zero attached hydrogens (tertiary/aromatic N) is 1. The quantitative estimate of drug-likeness (QED) is 0.831. The van der Waals surface area contributed by atoms with E-state index in [9.17, 15) is 4.79 Å². The van der Waals surface area contributed by atoms with Crippen LogP contribution < -0.4 is 10.2 Å². The molecule has 1 amide bonds. The van der Waals surface area contributed by atoms with Crippen LogP contribution in [0.4, 0.5) is 5.69 Å². The third-order valence-corrected chi connectivity index (χ3v) is 3.08. The van der Waals surface area contributed by atoms with E-state index in [1.165, 1.54) is 0 Å². The highest BCUT2D eigenvalue weighted by molar-refractivity contribution is 5.97. The summed E-state index contributed by atoms with van der Waals surface area (Å²) >= 11 is 0. The van der Waals surface area contributed by atoms with Crippen molar-refractivity contribution in [1.82, 2.24) is 5.32 Å². The van der Waals surface area contributed by atoms with E-state index in [4.69, 9.17) is 4.74 Å². The number of nitrogens with one attached hydrogen (secondary N) is 1. The Balaban J connectivity index is 2.25. The molecule has 0 radical (unpaired) electrons. The predicted molar refractivity (Wildman–Crippen MR) is 67.1 cm³/mol. The Morgan fingerprint density at radius 1 is 1.35 bits per heavy atom. The smallest absolute Gasteiger partial charge is 0.246 e. The van der Waals surface area contributed by atoms with Crippen LogP contribution in [-0.4, -0.2) is 38.3 Å². The molecule has 2 rings (SSSR count). The monoisotopic (exact) mass is 234 g/mol. The molecule has 1 heterocycles. The Morgan fingerprint density at radius 3 is 2.71 bits per heavy atom. The van der Waals surface area contributed by atoms with E-state index in [1.54, 1.807) is 11.9 Å². The van der Waals surface area contributed by atoms with Gasteiger partial charge in [0.2, 0.25) is 5.91 Å². The van der Waals surface area contributed by atoms with Gasteiger partial charge in [0.05, 0.1) is 12.7 Å². The number of carbonyl (C=O) groups excluding carboxylic acids is 1. The minimum absolute atomic E-state index is 0.0729. The lowest BCUT2D eigenvalue weighted by Gasteiger charge is -2.25. The number of rotatable bonds is 2. The van der Waals surface area contributed by atoms with Crippen LogP contribution in [0.25, 0.3) is 0 Å². The van der Waals surface area contributed by atoms with Crippen molar-refractivity contribution in [2.24, 2.45) is 0 Å². The highest BCUT2D eigenvalue weighted by Crippen LogP contribution is 2.18. The topological polar surface area (TPSA) is 41.6 Å². The minimum Gasteiger partial charge on any atom is -0.374 e. The summed E-state index contributed by atoms with van der Waals surface area (Å²) < 4.78 is 5.60. The predicted octanol–water partition coefficient (Wildman–Crippen LogP) is 1.03. The van der Waals surface area contributed by atoms with Gasteiger partial charge in [-0.05, 0) is 26.1 Å². The SMILES string of the molecule is CNC1C(=O)N(c2ccccc2)CCOC1C. The third-order valence-electron chi connectivity index (χ3n) is 3.08. The third kappa shape index (κ3) is 2.48. The average molecular weight is 234 g/mol. The van der Waals surface area contributed by atoms with Gasteiger partial charge in [-0.1, -0.05) is 18.2 Å². The highest BCUT2D eigenvalue weighted by atomic mass is 16.5. The zero-order valence-corrected chi connectivity index (χ0v) is 10.2. The van der Waals surface area contributed by atoms with Crippen LogP contribution >= 0.6 is 0 Å². The zero-order valence-electron chi connectivity index (χ0n) is 10.2. The lowest BCUT2D eigenvalue weighted by atomic mass is 10.1. The normalized spacial score (nSPS) is 25.8. The standard InChI is InChI=1S/C13H18N2O2/c1-10-12(14-2)13(16)15(8-9-17-10)11-6-4-3-5-7-11/h3-7,10,12,14H,8-9H2,1-2H3. The maximum atomic E-state index is 12.4. The van der Waals surface area contributed by atoms with Crippen LogP contribution in [0.15, 0.2) is 30.3 Å². The average Bonchev–Trinajstić information content (AvgIpc) is 2.49. The van der Waals surface area contributed by atoms with Crippen molar-refractivity contribution >= 4 is 11.6 Å². The second-order valence-corrected chi connectivity index (χ2v) is 4.17. The van der Waals surface area contributed by atoms with Crippen molar-refractivity contribution in [2.75, 3.05) is 25.1 Å². The molecule has 0 aromatic heterocycles. The molecular formula is C13H18N2O2. The molecule has 0 bridgehead atoms. The van der Waals surface area contributed by atoms with Gasteiger partial charge in [0.15, 0.2) is 0 Å². The molecule has 1 aromatic carbocycles. The summed E-state index contributed by atoms with van der Waals surface area (Å²) in [6, 6.07) is 9.43. The molecule has 1 N–H and O–H groups in total. The van der Waals surface area contributed by atoms with Gasteiger partial charge in [-0.2, -0.15) is 0 Å². The number of para-hydroxylation sites is 1. The number of amides is 1. The van der Waals surface area contributed by atoms with Gasteiger partial charge in [0, 0.05) is 12.2 Å². The van der Waals surface area contributed by atoms with Crippen LogP contribution in [0, 0.1) is 0 Å². The van der Waals surface area contributed by atoms with Crippen LogP contribution in [0.2, 0.25) is 0 Å². The fourth-order valence-corrected chi connectivity index (χ4v) is 2.13. The summed E-state index contributed by atoms with van der Waals surface area (Å²) in [7, 11) is 1.79. The van der Waals surface area contributed by atoms with Crippen molar-refractivity contribution in [1.29, 1.82) is 0 Å². The number of anilines is 1. The Morgan fingerprint density at radius 2 is 2.06 bits per heavy atom. The molecule has 1 aliphatic heterocycles. The van der Waals surface area contributed by atoms with Gasteiger partial charge in [-0.3, -0.25) is 4.79 Å². The largest absolute Gasteiger partial charge is 0.374 e. The van der Waals surface area contributed by atoms with E-state index in [1.807, 2.05) is 37.3 Å². The van der Waals surface area contributed by atoms with Crippen molar-refractivity contribution in [2.45, 2.75) is 19.1 Å². The Hall–Kier alpha value is -1.39. The van der Waals surface area contributed by atoms with E-state index in [-0.39, 0.29) is 18.1 Å². The highest BCUT2D eigenvalue weighted by Gasteiger charge is 2.32. The summed E-state index contributed by atoms with van der Waals surface area (Å²) in [4.78, 5) is 14.2. The number of ether oxygens (including phenoxy) is 1. The Kier molecular flexibility index (Phi) is 3.76. The van der Waals surface area contributed by atoms with E-state index in [0.29, 0.717) is 13.2 Å². The lowest BCUT2D eigenvalue weighted by Crippen LogP contribution is -2.49. The van der Waals surface area contributed by atoms with Crippen LogP contribution in [-0.2, 0) is 9.53 Å².